The van der Waals surface area contributed by atoms with E-state index in [0.717, 1.165) is 19.5 Å². The molecule has 0 spiro atoms. The van der Waals surface area contributed by atoms with Crippen molar-refractivity contribution in [3.8, 4) is 0 Å². The van der Waals surface area contributed by atoms with Gasteiger partial charge in [0, 0.05) is 18.7 Å². The van der Waals surface area contributed by atoms with Gasteiger partial charge in [-0.2, -0.15) is 13.2 Å². The second-order valence-electron chi connectivity index (χ2n) is 4.44. The van der Waals surface area contributed by atoms with Gasteiger partial charge in [0.15, 0.2) is 0 Å². The molecule has 2 N–H and O–H groups in total. The van der Waals surface area contributed by atoms with Crippen LogP contribution in [0.25, 0.3) is 0 Å². The monoisotopic (exact) mass is 240 g/mol. The van der Waals surface area contributed by atoms with Gasteiger partial charge in [0.2, 0.25) is 0 Å². The van der Waals surface area contributed by atoms with Gasteiger partial charge in [0.25, 0.3) is 0 Å². The predicted octanol–water partition coefficient (Wildman–Crippen LogP) is 1.30. The van der Waals surface area contributed by atoms with Crippen molar-refractivity contribution in [3.63, 3.8) is 0 Å². The van der Waals surface area contributed by atoms with Gasteiger partial charge in [-0.3, -0.25) is 0 Å². The molecule has 0 aromatic heterocycles. The van der Waals surface area contributed by atoms with E-state index in [1.807, 2.05) is 0 Å². The molecule has 0 aromatic carbocycles. The lowest BCUT2D eigenvalue weighted by Gasteiger charge is -2.24. The van der Waals surface area contributed by atoms with Gasteiger partial charge in [0.05, 0.1) is 0 Å². The first kappa shape index (κ1) is 13.7. The highest BCUT2D eigenvalue weighted by Crippen LogP contribution is 2.15. The van der Waals surface area contributed by atoms with Crippen LogP contribution in [-0.4, -0.2) is 44.6 Å². The summed E-state index contributed by atoms with van der Waals surface area (Å²) in [4.78, 5) is 0. The first-order chi connectivity index (χ1) is 7.41. The molecule has 1 unspecified atom stereocenters. The average Bonchev–Trinajstić information content (AvgIpc) is 2.57. The molecule has 0 bridgehead atoms. The summed E-state index contributed by atoms with van der Waals surface area (Å²) in [5, 5.41) is 6.57. The fraction of sp³-hybridized carbons (Fsp3) is 1.00. The summed E-state index contributed by atoms with van der Waals surface area (Å²) in [5.41, 5.74) is 0.0873. The van der Waals surface area contributed by atoms with Gasteiger partial charge in [-0.1, -0.05) is 0 Å². The third-order valence-corrected chi connectivity index (χ3v) is 2.65. The maximum absolute atomic E-state index is 11.7. The summed E-state index contributed by atoms with van der Waals surface area (Å²) in [7, 11) is 0. The van der Waals surface area contributed by atoms with Crippen molar-refractivity contribution in [3.05, 3.63) is 0 Å². The normalized spacial score (nSPS) is 26.2. The Morgan fingerprint density at radius 3 is 2.75 bits per heavy atom. The van der Waals surface area contributed by atoms with Gasteiger partial charge in [-0.25, -0.2) is 0 Å². The SMILES string of the molecule is CC1(NCCCOCC(F)(F)F)CCNC1. The number of ether oxygens (including phenoxy) is 1. The van der Waals surface area contributed by atoms with Crippen molar-refractivity contribution >= 4 is 0 Å². The molecule has 6 heteroatoms. The van der Waals surface area contributed by atoms with Crippen LogP contribution in [0.5, 0.6) is 0 Å². The molecule has 0 aromatic rings. The highest BCUT2D eigenvalue weighted by atomic mass is 19.4. The van der Waals surface area contributed by atoms with Crippen molar-refractivity contribution in [1.29, 1.82) is 0 Å². The molecule has 0 aliphatic carbocycles. The van der Waals surface area contributed by atoms with Gasteiger partial charge in [0.1, 0.15) is 6.61 Å². The lowest BCUT2D eigenvalue weighted by Crippen LogP contribution is -2.44. The molecule has 0 amide bonds. The Kier molecular flexibility index (Phi) is 5.01. The molecule has 1 rings (SSSR count). The summed E-state index contributed by atoms with van der Waals surface area (Å²) in [5.74, 6) is 0. The van der Waals surface area contributed by atoms with Crippen LogP contribution in [0.1, 0.15) is 19.8 Å². The fourth-order valence-corrected chi connectivity index (χ4v) is 1.72. The highest BCUT2D eigenvalue weighted by Gasteiger charge is 2.28. The minimum Gasteiger partial charge on any atom is -0.372 e. The molecule has 16 heavy (non-hydrogen) atoms. The lowest BCUT2D eigenvalue weighted by molar-refractivity contribution is -0.174. The van der Waals surface area contributed by atoms with Crippen LogP contribution in [0.2, 0.25) is 0 Å². The minimum absolute atomic E-state index is 0.0873. The topological polar surface area (TPSA) is 33.3 Å². The van der Waals surface area contributed by atoms with Crippen LogP contribution in [0, 0.1) is 0 Å². The largest absolute Gasteiger partial charge is 0.411 e. The number of rotatable bonds is 6. The van der Waals surface area contributed by atoms with Crippen molar-refractivity contribution < 1.29 is 17.9 Å². The lowest BCUT2D eigenvalue weighted by atomic mass is 10.0. The Bertz CT molecular complexity index is 203. The third kappa shape index (κ3) is 5.67. The minimum atomic E-state index is -4.21. The number of alkyl halides is 3. The molecular formula is C10H19F3N2O. The van der Waals surface area contributed by atoms with E-state index in [4.69, 9.17) is 0 Å². The van der Waals surface area contributed by atoms with Crippen LogP contribution < -0.4 is 10.6 Å². The molecule has 3 nitrogen and oxygen atoms in total. The summed E-state index contributed by atoms with van der Waals surface area (Å²) < 4.78 is 39.7. The van der Waals surface area contributed by atoms with Crippen molar-refractivity contribution in [2.45, 2.75) is 31.5 Å². The molecule has 1 saturated heterocycles. The highest BCUT2D eigenvalue weighted by molar-refractivity contribution is 4.91. The number of hydrogen-bond donors (Lipinski definition) is 2. The number of halogens is 3. The van der Waals surface area contributed by atoms with Crippen molar-refractivity contribution in [1.82, 2.24) is 10.6 Å². The molecule has 1 fully saturated rings. The van der Waals surface area contributed by atoms with E-state index in [1.165, 1.54) is 0 Å². The molecule has 0 radical (unpaired) electrons. The average molecular weight is 240 g/mol. The third-order valence-electron chi connectivity index (χ3n) is 2.65. The maximum Gasteiger partial charge on any atom is 0.411 e. The zero-order chi connectivity index (χ0) is 12.1. The Labute approximate surface area is 93.7 Å². The van der Waals surface area contributed by atoms with Crippen LogP contribution in [0.4, 0.5) is 13.2 Å². The second-order valence-corrected chi connectivity index (χ2v) is 4.44. The van der Waals surface area contributed by atoms with Crippen LogP contribution in [0.15, 0.2) is 0 Å². The first-order valence-corrected chi connectivity index (χ1v) is 5.52. The zero-order valence-corrected chi connectivity index (χ0v) is 9.49. The fourth-order valence-electron chi connectivity index (χ4n) is 1.72. The summed E-state index contributed by atoms with van der Waals surface area (Å²) in [6.45, 7) is 3.71. The molecule has 96 valence electrons. The number of hydrogen-bond acceptors (Lipinski definition) is 3. The van der Waals surface area contributed by atoms with Gasteiger partial charge < -0.3 is 15.4 Å². The van der Waals surface area contributed by atoms with E-state index < -0.39 is 12.8 Å². The quantitative estimate of drug-likeness (QED) is 0.686. The van der Waals surface area contributed by atoms with Crippen LogP contribution in [0.3, 0.4) is 0 Å². The standard InChI is InChI=1S/C10H19F3N2O/c1-9(3-5-14-7-9)15-4-2-6-16-8-10(11,12)13/h14-15H,2-8H2,1H3. The molecule has 1 aliphatic rings. The van der Waals surface area contributed by atoms with Gasteiger partial charge in [-0.15, -0.1) is 0 Å². The summed E-state index contributed by atoms with van der Waals surface area (Å²) in [6, 6.07) is 0. The zero-order valence-electron chi connectivity index (χ0n) is 9.49. The van der Waals surface area contributed by atoms with E-state index >= 15 is 0 Å². The molecular weight excluding hydrogens is 221 g/mol. The number of nitrogens with one attached hydrogen (secondary N) is 2. The summed E-state index contributed by atoms with van der Waals surface area (Å²) in [6.07, 6.45) is -2.56. The first-order valence-electron chi connectivity index (χ1n) is 5.52. The smallest absolute Gasteiger partial charge is 0.372 e. The maximum atomic E-state index is 11.7. The predicted molar refractivity (Wildman–Crippen MR) is 55.4 cm³/mol. The van der Waals surface area contributed by atoms with E-state index in [-0.39, 0.29) is 12.1 Å². The van der Waals surface area contributed by atoms with E-state index in [9.17, 15) is 13.2 Å². The van der Waals surface area contributed by atoms with Crippen LogP contribution in [-0.2, 0) is 4.74 Å². The van der Waals surface area contributed by atoms with Crippen molar-refractivity contribution in [2.75, 3.05) is 32.8 Å². The van der Waals surface area contributed by atoms with Gasteiger partial charge >= 0.3 is 6.18 Å². The van der Waals surface area contributed by atoms with E-state index in [2.05, 4.69) is 22.3 Å². The second kappa shape index (κ2) is 5.84. The molecule has 1 heterocycles. The molecule has 1 atom stereocenters. The van der Waals surface area contributed by atoms with Crippen LogP contribution >= 0.6 is 0 Å². The summed E-state index contributed by atoms with van der Waals surface area (Å²) >= 11 is 0. The Balaban J connectivity index is 1.96. The Morgan fingerprint density at radius 1 is 1.44 bits per heavy atom. The molecule has 0 saturated carbocycles. The van der Waals surface area contributed by atoms with E-state index in [1.54, 1.807) is 0 Å². The Hall–Kier alpha value is -0.330. The van der Waals surface area contributed by atoms with Gasteiger partial charge in [-0.05, 0) is 32.9 Å². The van der Waals surface area contributed by atoms with Crippen molar-refractivity contribution in [2.24, 2.45) is 0 Å². The molecule has 1 aliphatic heterocycles. The Morgan fingerprint density at radius 2 is 2.19 bits per heavy atom. The van der Waals surface area contributed by atoms with E-state index in [0.29, 0.717) is 13.0 Å².